The van der Waals surface area contributed by atoms with Crippen LogP contribution in [0.4, 0.5) is 26.3 Å². The van der Waals surface area contributed by atoms with Crippen molar-refractivity contribution in [3.8, 4) is 0 Å². The summed E-state index contributed by atoms with van der Waals surface area (Å²) >= 11 is 5.12. The highest BCUT2D eigenvalue weighted by Gasteiger charge is 2.37. The van der Waals surface area contributed by atoms with Gasteiger partial charge in [-0.15, -0.1) is 0 Å². The Morgan fingerprint density at radius 2 is 1.42 bits per heavy atom. The van der Waals surface area contributed by atoms with Crippen molar-refractivity contribution in [2.75, 3.05) is 0 Å². The molecule has 0 heterocycles. The third-order valence-corrected chi connectivity index (χ3v) is 4.24. The third kappa shape index (κ3) is 5.39. The highest BCUT2D eigenvalue weighted by molar-refractivity contribution is 7.83. The van der Waals surface area contributed by atoms with Crippen LogP contribution < -0.4 is 10.8 Å². The van der Waals surface area contributed by atoms with E-state index in [1.54, 1.807) is 0 Å². The number of benzene rings is 1. The number of alkyl halides is 6. The first-order chi connectivity index (χ1) is 11.1. The van der Waals surface area contributed by atoms with Gasteiger partial charge in [-0.05, 0) is 18.9 Å². The molecule has 1 saturated carbocycles. The summed E-state index contributed by atoms with van der Waals surface area (Å²) in [6.45, 7) is 0. The van der Waals surface area contributed by atoms with Gasteiger partial charge in [0.15, 0.2) is 0 Å². The van der Waals surface area contributed by atoms with Gasteiger partial charge in [-0.2, -0.15) is 26.3 Å². The molecular weight excluding hydrogens is 351 g/mol. The second kappa shape index (κ2) is 7.33. The standard InChI is InChI=1S/C15H16BF6NS/c17-14(18,19)9-6-10(15(20,21)22)8-11(7-9)16-13(24)23-12-4-2-1-3-5-12/h6-8,12,16H,1-5H2,(H,23,24). The molecule has 0 amide bonds. The lowest BCUT2D eigenvalue weighted by Gasteiger charge is -2.24. The maximum atomic E-state index is 12.8. The molecule has 0 atom stereocenters. The molecule has 0 unspecified atom stereocenters. The van der Waals surface area contributed by atoms with Crippen molar-refractivity contribution < 1.29 is 26.3 Å². The minimum atomic E-state index is -4.84. The summed E-state index contributed by atoms with van der Waals surface area (Å²) < 4.78 is 77.0. The third-order valence-electron chi connectivity index (χ3n) is 3.98. The van der Waals surface area contributed by atoms with Gasteiger partial charge in [0.1, 0.15) is 0 Å². The molecule has 0 radical (unpaired) electrons. The minimum absolute atomic E-state index is 0.0922. The van der Waals surface area contributed by atoms with Gasteiger partial charge < -0.3 is 5.32 Å². The Morgan fingerprint density at radius 3 is 1.88 bits per heavy atom. The van der Waals surface area contributed by atoms with E-state index in [9.17, 15) is 26.3 Å². The van der Waals surface area contributed by atoms with Crippen LogP contribution in [0.1, 0.15) is 43.2 Å². The van der Waals surface area contributed by atoms with E-state index in [1.807, 2.05) is 0 Å². The molecule has 0 aliphatic heterocycles. The van der Waals surface area contributed by atoms with Gasteiger partial charge >= 0.3 is 12.4 Å². The summed E-state index contributed by atoms with van der Waals surface area (Å²) in [6, 6.07) is 1.73. The lowest BCUT2D eigenvalue weighted by atomic mass is 9.68. The van der Waals surface area contributed by atoms with Crippen molar-refractivity contribution in [1.82, 2.24) is 5.32 Å². The highest BCUT2D eigenvalue weighted by Crippen LogP contribution is 2.34. The molecule has 9 heteroatoms. The summed E-state index contributed by atoms with van der Waals surface area (Å²) in [5, 5.41) is 3.05. The molecule has 24 heavy (non-hydrogen) atoms. The van der Waals surface area contributed by atoms with Gasteiger partial charge in [-0.25, -0.2) is 0 Å². The Morgan fingerprint density at radius 1 is 0.917 bits per heavy atom. The van der Waals surface area contributed by atoms with Crippen molar-refractivity contribution in [3.05, 3.63) is 29.3 Å². The Labute approximate surface area is 142 Å². The second-order valence-electron chi connectivity index (χ2n) is 5.99. The number of hydrogen-bond donors (Lipinski definition) is 1. The van der Waals surface area contributed by atoms with Gasteiger partial charge in [0.05, 0.1) is 11.1 Å². The van der Waals surface area contributed by atoms with E-state index in [1.165, 1.54) is 0 Å². The van der Waals surface area contributed by atoms with Crippen LogP contribution >= 0.6 is 12.2 Å². The van der Waals surface area contributed by atoms with Crippen LogP contribution in [0, 0.1) is 0 Å². The molecule has 1 nitrogen and oxygen atoms in total. The Bertz CT molecular complexity index is 560. The zero-order valence-electron chi connectivity index (χ0n) is 12.7. The van der Waals surface area contributed by atoms with Crippen molar-refractivity contribution in [2.24, 2.45) is 0 Å². The van der Waals surface area contributed by atoms with Crippen LogP contribution in [-0.4, -0.2) is 18.2 Å². The first-order valence-corrected chi connectivity index (χ1v) is 8.04. The average Bonchev–Trinajstić information content (AvgIpc) is 2.46. The topological polar surface area (TPSA) is 12.0 Å². The Hall–Kier alpha value is -1.25. The lowest BCUT2D eigenvalue weighted by molar-refractivity contribution is -0.142. The molecule has 0 aromatic heterocycles. The zero-order valence-corrected chi connectivity index (χ0v) is 13.5. The Kier molecular flexibility index (Phi) is 5.83. The maximum Gasteiger partial charge on any atom is 0.416 e. The first kappa shape index (κ1) is 19.1. The van der Waals surface area contributed by atoms with Crippen LogP contribution in [0.2, 0.25) is 0 Å². The van der Waals surface area contributed by atoms with Crippen LogP contribution in [0.5, 0.6) is 0 Å². The van der Waals surface area contributed by atoms with Gasteiger partial charge in [0.25, 0.3) is 0 Å². The molecule has 132 valence electrons. The van der Waals surface area contributed by atoms with Crippen LogP contribution in [0.15, 0.2) is 18.2 Å². The zero-order chi connectivity index (χ0) is 18.0. The molecule has 2 rings (SSSR count). The molecule has 0 saturated heterocycles. The summed E-state index contributed by atoms with van der Waals surface area (Å²) in [6.07, 6.45) is -4.63. The first-order valence-electron chi connectivity index (χ1n) is 7.63. The number of rotatable bonds is 3. The molecule has 1 aliphatic carbocycles. The lowest BCUT2D eigenvalue weighted by Crippen LogP contribution is -2.41. The maximum absolute atomic E-state index is 12.8. The fourth-order valence-electron chi connectivity index (χ4n) is 2.83. The summed E-state index contributed by atoms with van der Waals surface area (Å²) in [7, 11) is -0.140. The summed E-state index contributed by atoms with van der Waals surface area (Å²) in [4.78, 5) is 0.273. The van der Waals surface area contributed by atoms with E-state index >= 15 is 0 Å². The van der Waals surface area contributed by atoms with Crippen molar-refractivity contribution in [1.29, 1.82) is 0 Å². The molecule has 0 bridgehead atoms. The van der Waals surface area contributed by atoms with E-state index in [4.69, 9.17) is 12.2 Å². The number of halogens is 6. The quantitative estimate of drug-likeness (QED) is 0.493. The van der Waals surface area contributed by atoms with Crippen LogP contribution in [0.3, 0.4) is 0 Å². The van der Waals surface area contributed by atoms with Gasteiger partial charge in [-0.1, -0.05) is 49.1 Å². The monoisotopic (exact) mass is 367 g/mol. The van der Waals surface area contributed by atoms with Crippen molar-refractivity contribution >= 4 is 29.8 Å². The molecule has 1 fully saturated rings. The molecule has 1 aliphatic rings. The minimum Gasteiger partial charge on any atom is -0.385 e. The molecule has 1 aromatic carbocycles. The second-order valence-corrected chi connectivity index (χ2v) is 6.49. The average molecular weight is 367 g/mol. The predicted octanol–water partition coefficient (Wildman–Crippen LogP) is 3.99. The van der Waals surface area contributed by atoms with E-state index in [-0.39, 0.29) is 29.7 Å². The van der Waals surface area contributed by atoms with Gasteiger partial charge in [0.2, 0.25) is 7.28 Å². The fourth-order valence-corrected chi connectivity index (χ4v) is 3.17. The van der Waals surface area contributed by atoms with Crippen LogP contribution in [-0.2, 0) is 12.4 Å². The summed E-state index contributed by atoms with van der Waals surface area (Å²) in [5.41, 5.74) is -2.72. The number of nitrogens with one attached hydrogen (secondary N) is 1. The molecule has 0 spiro atoms. The SMILES string of the molecule is FC(F)(F)c1cc(BC(=S)NC2CCCCC2)cc(C(F)(F)F)c1. The number of thiocarbonyl (C=S) groups is 1. The Balaban J connectivity index is 2.17. The van der Waals surface area contributed by atoms with Gasteiger partial charge in [0, 0.05) is 10.9 Å². The predicted molar refractivity (Wildman–Crippen MR) is 85.8 cm³/mol. The summed E-state index contributed by atoms with van der Waals surface area (Å²) in [5.74, 6) is 0. The molecular formula is C15H16BF6NS. The molecule has 1 N–H and O–H groups in total. The van der Waals surface area contributed by atoms with E-state index in [0.717, 1.165) is 44.2 Å². The van der Waals surface area contributed by atoms with E-state index in [0.29, 0.717) is 0 Å². The van der Waals surface area contributed by atoms with Crippen LogP contribution in [0.25, 0.3) is 0 Å². The van der Waals surface area contributed by atoms with Crippen molar-refractivity contribution in [2.45, 2.75) is 50.5 Å². The normalized spacial score (nSPS) is 16.8. The number of hydrogen-bond acceptors (Lipinski definition) is 1. The van der Waals surface area contributed by atoms with Gasteiger partial charge in [-0.3, -0.25) is 0 Å². The molecule has 1 aromatic rings. The van der Waals surface area contributed by atoms with Crippen molar-refractivity contribution in [3.63, 3.8) is 0 Å². The van der Waals surface area contributed by atoms with E-state index < -0.39 is 23.5 Å². The highest BCUT2D eigenvalue weighted by atomic mass is 32.1. The fraction of sp³-hybridized carbons (Fsp3) is 0.533. The van der Waals surface area contributed by atoms with E-state index in [2.05, 4.69) is 5.32 Å². The largest absolute Gasteiger partial charge is 0.416 e. The smallest absolute Gasteiger partial charge is 0.385 e.